The Balaban J connectivity index is 1.30. The van der Waals surface area contributed by atoms with E-state index in [4.69, 9.17) is 9.97 Å². The van der Waals surface area contributed by atoms with Crippen molar-refractivity contribution >= 4 is 11.8 Å². The summed E-state index contributed by atoms with van der Waals surface area (Å²) < 4.78 is 0. The molecule has 190 valence electrons. The van der Waals surface area contributed by atoms with E-state index in [1.54, 1.807) is 0 Å². The number of aliphatic hydroxyl groups excluding tert-OH is 2. The molecule has 0 aromatic carbocycles. The van der Waals surface area contributed by atoms with Crippen molar-refractivity contribution in [3.63, 3.8) is 0 Å². The zero-order valence-corrected chi connectivity index (χ0v) is 20.7. The van der Waals surface area contributed by atoms with Crippen molar-refractivity contribution in [3.05, 3.63) is 30.1 Å². The third kappa shape index (κ3) is 6.46. The molecule has 5 rings (SSSR count). The van der Waals surface area contributed by atoms with E-state index in [1.807, 2.05) is 12.4 Å². The summed E-state index contributed by atoms with van der Waals surface area (Å²) in [6.45, 7) is 5.54. The van der Waals surface area contributed by atoms with Crippen LogP contribution >= 0.6 is 0 Å². The lowest BCUT2D eigenvalue weighted by molar-refractivity contribution is 0.126. The molecule has 2 aromatic heterocycles. The lowest BCUT2D eigenvalue weighted by atomic mass is 9.93. The predicted octanol–water partition coefficient (Wildman–Crippen LogP) is 2.18. The number of pyridine rings is 1. The van der Waals surface area contributed by atoms with Gasteiger partial charge in [0.25, 0.3) is 0 Å². The number of aromatic nitrogens is 3. The van der Waals surface area contributed by atoms with Crippen LogP contribution in [0.3, 0.4) is 0 Å². The van der Waals surface area contributed by atoms with Crippen LogP contribution in [0.2, 0.25) is 0 Å². The van der Waals surface area contributed by atoms with Gasteiger partial charge in [-0.1, -0.05) is 6.07 Å². The number of piperazine rings is 1. The fourth-order valence-electron chi connectivity index (χ4n) is 5.18. The first-order chi connectivity index (χ1) is 17.1. The molecule has 0 radical (unpaired) electrons. The van der Waals surface area contributed by atoms with Crippen LogP contribution < -0.4 is 10.6 Å². The molecule has 9 nitrogen and oxygen atoms in total. The van der Waals surface area contributed by atoms with E-state index in [1.165, 1.54) is 5.56 Å². The molecule has 0 bridgehead atoms. The van der Waals surface area contributed by atoms with Gasteiger partial charge in [-0.15, -0.1) is 0 Å². The largest absolute Gasteiger partial charge is 0.396 e. The number of hydrogen-bond acceptors (Lipinski definition) is 9. The maximum absolute atomic E-state index is 9.90. The molecular weight excluding hydrogens is 442 g/mol. The Hall–Kier alpha value is -2.33. The van der Waals surface area contributed by atoms with Crippen LogP contribution in [-0.4, -0.2) is 93.0 Å². The molecule has 1 aliphatic heterocycles. The van der Waals surface area contributed by atoms with Crippen molar-refractivity contribution in [2.45, 2.75) is 63.3 Å². The van der Waals surface area contributed by atoms with Gasteiger partial charge in [-0.2, -0.15) is 4.98 Å². The molecule has 4 N–H and O–H groups in total. The normalized spacial score (nSPS) is 27.5. The standard InChI is InChI=1S/C26H39N7O2/c1-32-9-11-33(12-10-32)17-18-2-7-23(27-15-18)22-16-28-26(30-24-14-19(24)8-13-34)31-25(22)29-20-3-5-21(35)6-4-20/h2,7,15-16,19-21,24,34-35H,3-6,8-14,17H2,1H3,(H2,28,29,30,31). The summed E-state index contributed by atoms with van der Waals surface area (Å²) in [6.07, 6.45) is 8.98. The van der Waals surface area contributed by atoms with Crippen molar-refractivity contribution < 1.29 is 10.2 Å². The molecule has 2 saturated carbocycles. The van der Waals surface area contributed by atoms with E-state index < -0.39 is 0 Å². The summed E-state index contributed by atoms with van der Waals surface area (Å²) in [5.41, 5.74) is 2.98. The SMILES string of the molecule is CN1CCN(Cc2ccc(-c3cnc(NC4CC4CCO)nc3NC3CCC(O)CC3)nc2)CC1. The zero-order valence-electron chi connectivity index (χ0n) is 20.7. The molecule has 0 spiro atoms. The summed E-state index contributed by atoms with van der Waals surface area (Å²) in [5, 5.41) is 26.2. The average molecular weight is 482 g/mol. The third-order valence-electron chi connectivity index (χ3n) is 7.67. The Morgan fingerprint density at radius 3 is 2.51 bits per heavy atom. The van der Waals surface area contributed by atoms with Crippen LogP contribution in [0, 0.1) is 5.92 Å². The van der Waals surface area contributed by atoms with Crippen LogP contribution in [0.15, 0.2) is 24.5 Å². The van der Waals surface area contributed by atoms with Crippen molar-refractivity contribution in [3.8, 4) is 11.3 Å². The summed E-state index contributed by atoms with van der Waals surface area (Å²) in [4.78, 5) is 19.1. The first-order valence-corrected chi connectivity index (χ1v) is 13.1. The fourth-order valence-corrected chi connectivity index (χ4v) is 5.18. The van der Waals surface area contributed by atoms with Crippen LogP contribution in [0.25, 0.3) is 11.3 Å². The predicted molar refractivity (Wildman–Crippen MR) is 137 cm³/mol. The van der Waals surface area contributed by atoms with Crippen LogP contribution in [0.4, 0.5) is 11.8 Å². The highest BCUT2D eigenvalue weighted by Gasteiger charge is 2.37. The highest BCUT2D eigenvalue weighted by molar-refractivity contribution is 5.73. The maximum Gasteiger partial charge on any atom is 0.224 e. The zero-order chi connectivity index (χ0) is 24.2. The second-order valence-corrected chi connectivity index (χ2v) is 10.5. The molecule has 9 heteroatoms. The monoisotopic (exact) mass is 481 g/mol. The van der Waals surface area contributed by atoms with Gasteiger partial charge in [-0.3, -0.25) is 9.88 Å². The minimum atomic E-state index is -0.192. The second-order valence-electron chi connectivity index (χ2n) is 10.5. The number of rotatable bonds is 9. The van der Waals surface area contributed by atoms with E-state index in [0.29, 0.717) is 17.9 Å². The number of nitrogens with one attached hydrogen (secondary N) is 2. The molecular formula is C26H39N7O2. The van der Waals surface area contributed by atoms with Gasteiger partial charge >= 0.3 is 0 Å². The Morgan fingerprint density at radius 1 is 1.00 bits per heavy atom. The summed E-state index contributed by atoms with van der Waals surface area (Å²) in [7, 11) is 2.18. The minimum Gasteiger partial charge on any atom is -0.396 e. The van der Waals surface area contributed by atoms with E-state index >= 15 is 0 Å². The van der Waals surface area contributed by atoms with E-state index in [-0.39, 0.29) is 18.8 Å². The molecule has 2 atom stereocenters. The molecule has 2 aromatic rings. The number of hydrogen-bond donors (Lipinski definition) is 4. The van der Waals surface area contributed by atoms with E-state index in [2.05, 4.69) is 44.6 Å². The second kappa shape index (κ2) is 11.2. The van der Waals surface area contributed by atoms with Crippen molar-refractivity contribution in [1.29, 1.82) is 0 Å². The summed E-state index contributed by atoms with van der Waals surface area (Å²) >= 11 is 0. The highest BCUT2D eigenvalue weighted by Crippen LogP contribution is 2.36. The van der Waals surface area contributed by atoms with E-state index in [9.17, 15) is 10.2 Å². The fraction of sp³-hybridized carbons (Fsp3) is 0.654. The highest BCUT2D eigenvalue weighted by atomic mass is 16.3. The molecule has 35 heavy (non-hydrogen) atoms. The number of likely N-dealkylation sites (N-methyl/N-ethyl adjacent to an activating group) is 1. The molecule has 0 amide bonds. The lowest BCUT2D eigenvalue weighted by Crippen LogP contribution is -2.43. The van der Waals surface area contributed by atoms with Crippen LogP contribution in [0.1, 0.15) is 44.1 Å². The molecule has 1 saturated heterocycles. The molecule has 3 fully saturated rings. The van der Waals surface area contributed by atoms with Gasteiger partial charge in [-0.05, 0) is 63.1 Å². The lowest BCUT2D eigenvalue weighted by Gasteiger charge is -2.32. The minimum absolute atomic E-state index is 0.192. The van der Waals surface area contributed by atoms with Gasteiger partial charge in [-0.25, -0.2) is 4.98 Å². The number of aliphatic hydroxyl groups is 2. The van der Waals surface area contributed by atoms with Gasteiger partial charge in [0.15, 0.2) is 0 Å². The Morgan fingerprint density at radius 2 is 1.80 bits per heavy atom. The molecule has 3 aliphatic rings. The quantitative estimate of drug-likeness (QED) is 0.428. The topological polar surface area (TPSA) is 110 Å². The third-order valence-corrected chi connectivity index (χ3v) is 7.67. The molecule has 2 unspecified atom stereocenters. The molecule has 2 aliphatic carbocycles. The molecule has 3 heterocycles. The van der Waals surface area contributed by atoms with Crippen molar-refractivity contribution in [2.75, 3.05) is 50.5 Å². The Bertz CT molecular complexity index is 957. The first kappa shape index (κ1) is 24.4. The van der Waals surface area contributed by atoms with Crippen molar-refractivity contribution in [1.82, 2.24) is 24.8 Å². The van der Waals surface area contributed by atoms with Crippen LogP contribution in [0.5, 0.6) is 0 Å². The smallest absolute Gasteiger partial charge is 0.224 e. The van der Waals surface area contributed by atoms with E-state index in [0.717, 1.165) is 88.3 Å². The average Bonchev–Trinajstić information content (AvgIpc) is 3.60. The summed E-state index contributed by atoms with van der Waals surface area (Å²) in [6, 6.07) is 4.85. The van der Waals surface area contributed by atoms with Gasteiger partial charge in [0.05, 0.1) is 17.4 Å². The van der Waals surface area contributed by atoms with Gasteiger partial charge in [0.1, 0.15) is 5.82 Å². The number of nitrogens with zero attached hydrogens (tertiary/aromatic N) is 5. The van der Waals surface area contributed by atoms with Crippen molar-refractivity contribution in [2.24, 2.45) is 5.92 Å². The van der Waals surface area contributed by atoms with Crippen LogP contribution in [-0.2, 0) is 6.54 Å². The summed E-state index contributed by atoms with van der Waals surface area (Å²) in [5.74, 6) is 1.90. The first-order valence-electron chi connectivity index (χ1n) is 13.1. The van der Waals surface area contributed by atoms with Gasteiger partial charge < -0.3 is 25.7 Å². The number of anilines is 2. The van der Waals surface area contributed by atoms with Gasteiger partial charge in [0.2, 0.25) is 5.95 Å². The Labute approximate surface area is 208 Å². The maximum atomic E-state index is 9.90. The Kier molecular flexibility index (Phi) is 7.77. The van der Waals surface area contributed by atoms with Gasteiger partial charge in [0, 0.05) is 63.8 Å².